The number of thiophene rings is 1. The number of hydrogen-bond donors (Lipinski definition) is 0. The molecule has 0 spiro atoms. The van der Waals surface area contributed by atoms with Crippen molar-refractivity contribution in [3.8, 4) is 0 Å². The zero-order valence-electron chi connectivity index (χ0n) is 14.2. The maximum absolute atomic E-state index is 13.1. The number of amides is 1. The highest BCUT2D eigenvalue weighted by atomic mass is 32.1. The molecule has 0 aliphatic carbocycles. The average molecular weight is 369 g/mol. The van der Waals surface area contributed by atoms with E-state index in [1.807, 2.05) is 17.5 Å². The van der Waals surface area contributed by atoms with Crippen LogP contribution in [-0.2, 0) is 11.3 Å². The molecule has 134 valence electrons. The second kappa shape index (κ2) is 7.43. The van der Waals surface area contributed by atoms with E-state index >= 15 is 0 Å². The first kappa shape index (κ1) is 17.0. The van der Waals surface area contributed by atoms with Crippen LogP contribution in [0.4, 0.5) is 0 Å². The van der Waals surface area contributed by atoms with Gasteiger partial charge in [0.05, 0.1) is 18.0 Å². The van der Waals surface area contributed by atoms with Gasteiger partial charge in [-0.15, -0.1) is 11.3 Å². The fraction of sp³-hybridized carbons (Fsp3) is 0.300. The highest BCUT2D eigenvalue weighted by molar-refractivity contribution is 7.09. The number of para-hydroxylation sites is 1. The molecule has 0 N–H and O–H groups in total. The Morgan fingerprint density at radius 3 is 2.88 bits per heavy atom. The number of hydrogen-bond acceptors (Lipinski definition) is 5. The van der Waals surface area contributed by atoms with E-state index in [1.165, 1.54) is 6.07 Å². The quantitative estimate of drug-likeness (QED) is 0.688. The van der Waals surface area contributed by atoms with Crippen molar-refractivity contribution in [2.75, 3.05) is 13.2 Å². The van der Waals surface area contributed by atoms with Gasteiger partial charge in [0.25, 0.3) is 5.91 Å². The Labute approximate surface area is 154 Å². The lowest BCUT2D eigenvalue weighted by Gasteiger charge is -2.24. The van der Waals surface area contributed by atoms with Crippen LogP contribution in [0.3, 0.4) is 0 Å². The van der Waals surface area contributed by atoms with Crippen molar-refractivity contribution in [3.63, 3.8) is 0 Å². The lowest BCUT2D eigenvalue weighted by atomic mass is 10.2. The maximum Gasteiger partial charge on any atom is 0.290 e. The number of nitrogens with zero attached hydrogens (tertiary/aromatic N) is 1. The van der Waals surface area contributed by atoms with E-state index in [2.05, 4.69) is 0 Å². The first-order valence-electron chi connectivity index (χ1n) is 8.67. The minimum atomic E-state index is -0.281. The summed E-state index contributed by atoms with van der Waals surface area (Å²) in [6, 6.07) is 12.2. The van der Waals surface area contributed by atoms with E-state index in [0.717, 1.165) is 24.3 Å². The Kier molecular flexibility index (Phi) is 4.86. The fourth-order valence-corrected chi connectivity index (χ4v) is 3.93. The molecule has 6 heteroatoms. The topological polar surface area (TPSA) is 59.8 Å². The van der Waals surface area contributed by atoms with Crippen molar-refractivity contribution >= 4 is 28.2 Å². The first-order chi connectivity index (χ1) is 12.7. The number of benzene rings is 1. The van der Waals surface area contributed by atoms with Crippen LogP contribution in [0.2, 0.25) is 0 Å². The minimum Gasteiger partial charge on any atom is -0.451 e. The largest absolute Gasteiger partial charge is 0.451 e. The maximum atomic E-state index is 13.1. The monoisotopic (exact) mass is 369 g/mol. The third kappa shape index (κ3) is 3.57. The summed E-state index contributed by atoms with van der Waals surface area (Å²) < 4.78 is 11.4. The predicted octanol–water partition coefficient (Wildman–Crippen LogP) is 3.68. The van der Waals surface area contributed by atoms with Crippen molar-refractivity contribution in [1.82, 2.24) is 4.90 Å². The lowest BCUT2D eigenvalue weighted by Crippen LogP contribution is -2.37. The molecular weight excluding hydrogens is 350 g/mol. The van der Waals surface area contributed by atoms with E-state index < -0.39 is 0 Å². The molecule has 0 unspecified atom stereocenters. The van der Waals surface area contributed by atoms with Gasteiger partial charge in [0.15, 0.2) is 11.2 Å². The van der Waals surface area contributed by atoms with Crippen LogP contribution in [0, 0.1) is 0 Å². The summed E-state index contributed by atoms with van der Waals surface area (Å²) in [6.07, 6.45) is 1.98. The Morgan fingerprint density at radius 2 is 2.12 bits per heavy atom. The number of carbonyl (C=O) groups is 1. The Bertz CT molecular complexity index is 957. The van der Waals surface area contributed by atoms with Crippen LogP contribution in [0.5, 0.6) is 0 Å². The van der Waals surface area contributed by atoms with Crippen molar-refractivity contribution in [1.29, 1.82) is 0 Å². The third-order valence-electron chi connectivity index (χ3n) is 4.51. The van der Waals surface area contributed by atoms with Crippen LogP contribution >= 0.6 is 11.3 Å². The summed E-state index contributed by atoms with van der Waals surface area (Å²) in [5.74, 6) is -0.208. The molecule has 1 aliphatic heterocycles. The average Bonchev–Trinajstić information content (AvgIpc) is 3.34. The summed E-state index contributed by atoms with van der Waals surface area (Å²) in [6.45, 7) is 1.71. The van der Waals surface area contributed by atoms with E-state index in [4.69, 9.17) is 9.15 Å². The Balaban J connectivity index is 1.65. The van der Waals surface area contributed by atoms with Gasteiger partial charge in [0.1, 0.15) is 5.58 Å². The summed E-state index contributed by atoms with van der Waals surface area (Å²) in [5.41, 5.74) is 0.222. The molecule has 1 atom stereocenters. The number of ether oxygens (including phenoxy) is 1. The van der Waals surface area contributed by atoms with Crippen molar-refractivity contribution < 1.29 is 13.9 Å². The standard InChI is InChI=1S/C20H19NO4S/c22-17-11-19(25-18-8-2-1-7-16(17)18)20(23)21(12-14-5-3-9-24-14)13-15-6-4-10-26-15/h1-2,4,6-8,10-11,14H,3,5,9,12-13H2/t14-/m1/s1. The van der Waals surface area contributed by atoms with E-state index in [-0.39, 0.29) is 23.2 Å². The summed E-state index contributed by atoms with van der Waals surface area (Å²) in [5, 5.41) is 2.47. The molecule has 3 aromatic rings. The summed E-state index contributed by atoms with van der Waals surface area (Å²) in [4.78, 5) is 28.2. The molecule has 1 saturated heterocycles. The van der Waals surface area contributed by atoms with Gasteiger partial charge >= 0.3 is 0 Å². The van der Waals surface area contributed by atoms with Gasteiger partial charge in [-0.3, -0.25) is 9.59 Å². The number of carbonyl (C=O) groups excluding carboxylic acids is 1. The summed E-state index contributed by atoms with van der Waals surface area (Å²) >= 11 is 1.60. The second-order valence-corrected chi connectivity index (χ2v) is 7.40. The fourth-order valence-electron chi connectivity index (χ4n) is 3.21. The molecule has 4 rings (SSSR count). The lowest BCUT2D eigenvalue weighted by molar-refractivity contribution is 0.0486. The number of fused-ring (bicyclic) bond motifs is 1. The van der Waals surface area contributed by atoms with E-state index in [0.29, 0.717) is 24.1 Å². The van der Waals surface area contributed by atoms with Crippen LogP contribution in [-0.4, -0.2) is 30.1 Å². The normalized spacial score (nSPS) is 16.8. The number of rotatable bonds is 5. The SMILES string of the molecule is O=C(c1cc(=O)c2ccccc2o1)N(Cc1cccs1)C[C@H]1CCCO1. The Hall–Kier alpha value is -2.44. The third-order valence-corrected chi connectivity index (χ3v) is 5.37. The molecule has 1 aliphatic rings. The Morgan fingerprint density at radius 1 is 1.23 bits per heavy atom. The van der Waals surface area contributed by atoms with Crippen LogP contribution in [0.25, 0.3) is 11.0 Å². The molecule has 0 radical (unpaired) electrons. The van der Waals surface area contributed by atoms with Gasteiger partial charge in [-0.25, -0.2) is 0 Å². The van der Waals surface area contributed by atoms with Crippen LogP contribution in [0.15, 0.2) is 57.1 Å². The highest BCUT2D eigenvalue weighted by Gasteiger charge is 2.25. The smallest absolute Gasteiger partial charge is 0.290 e. The van der Waals surface area contributed by atoms with Crippen molar-refractivity contribution in [2.24, 2.45) is 0 Å². The zero-order chi connectivity index (χ0) is 17.9. The molecular formula is C20H19NO4S. The minimum absolute atomic E-state index is 0.0334. The molecule has 0 bridgehead atoms. The summed E-state index contributed by atoms with van der Waals surface area (Å²) in [7, 11) is 0. The van der Waals surface area contributed by atoms with Gasteiger partial charge in [-0.1, -0.05) is 18.2 Å². The van der Waals surface area contributed by atoms with Crippen molar-refractivity contribution in [2.45, 2.75) is 25.5 Å². The van der Waals surface area contributed by atoms with Gasteiger partial charge < -0.3 is 14.1 Å². The van der Waals surface area contributed by atoms with E-state index in [1.54, 1.807) is 40.5 Å². The molecule has 1 fully saturated rings. The molecule has 1 aromatic carbocycles. The predicted molar refractivity (Wildman–Crippen MR) is 101 cm³/mol. The van der Waals surface area contributed by atoms with E-state index in [9.17, 15) is 9.59 Å². The molecule has 3 heterocycles. The second-order valence-electron chi connectivity index (χ2n) is 6.37. The van der Waals surface area contributed by atoms with Gasteiger partial charge in [0.2, 0.25) is 0 Å². The van der Waals surface area contributed by atoms with Crippen LogP contribution in [0.1, 0.15) is 28.3 Å². The zero-order valence-corrected chi connectivity index (χ0v) is 15.0. The molecule has 5 nitrogen and oxygen atoms in total. The molecule has 26 heavy (non-hydrogen) atoms. The van der Waals surface area contributed by atoms with Crippen molar-refractivity contribution in [3.05, 3.63) is 68.7 Å². The van der Waals surface area contributed by atoms with Gasteiger partial charge in [-0.2, -0.15) is 0 Å². The molecule has 2 aromatic heterocycles. The van der Waals surface area contributed by atoms with Gasteiger partial charge in [0, 0.05) is 24.1 Å². The molecule has 1 amide bonds. The highest BCUT2D eigenvalue weighted by Crippen LogP contribution is 2.20. The van der Waals surface area contributed by atoms with Gasteiger partial charge in [-0.05, 0) is 36.4 Å². The van der Waals surface area contributed by atoms with Crippen LogP contribution < -0.4 is 5.43 Å². The first-order valence-corrected chi connectivity index (χ1v) is 9.55. The molecule has 0 saturated carbocycles.